The monoisotopic (exact) mass is 405 g/mol. The van der Waals surface area contributed by atoms with E-state index in [0.29, 0.717) is 16.9 Å². The van der Waals surface area contributed by atoms with Gasteiger partial charge in [0.2, 0.25) is 5.91 Å². The van der Waals surface area contributed by atoms with Gasteiger partial charge in [-0.3, -0.25) is 4.79 Å². The van der Waals surface area contributed by atoms with Crippen LogP contribution in [0.3, 0.4) is 0 Å². The molecule has 2 aromatic heterocycles. The van der Waals surface area contributed by atoms with Gasteiger partial charge in [-0.1, -0.05) is 37.9 Å². The van der Waals surface area contributed by atoms with Gasteiger partial charge in [0.25, 0.3) is 11.1 Å². The molecule has 0 saturated carbocycles. The Morgan fingerprint density at radius 1 is 1.26 bits per heavy atom. The Balaban J connectivity index is 1.35. The molecule has 1 saturated heterocycles. The molecule has 3 heterocycles. The highest BCUT2D eigenvalue weighted by Gasteiger charge is 2.21. The molecular formula is C20H27N3O2S2. The minimum absolute atomic E-state index is 0.183. The predicted octanol–water partition coefficient (Wildman–Crippen LogP) is 4.81. The molecule has 0 unspecified atom stereocenters. The molecule has 1 aliphatic heterocycles. The molecule has 2 aliphatic rings. The molecule has 0 radical (unpaired) electrons. The van der Waals surface area contributed by atoms with Crippen LogP contribution in [0.5, 0.6) is 0 Å². The quantitative estimate of drug-likeness (QED) is 0.683. The second-order valence-corrected chi connectivity index (χ2v) is 9.78. The van der Waals surface area contributed by atoms with E-state index in [2.05, 4.69) is 23.2 Å². The smallest absolute Gasteiger partial charge is 0.277 e. The third kappa shape index (κ3) is 4.74. The topological polar surface area (TPSA) is 59.2 Å². The maximum Gasteiger partial charge on any atom is 0.277 e. The summed E-state index contributed by atoms with van der Waals surface area (Å²) in [6.07, 6.45) is 9.54. The number of likely N-dealkylation sites (tertiary alicyclic amines) is 1. The number of nitrogens with zero attached hydrogens (tertiary/aromatic N) is 3. The van der Waals surface area contributed by atoms with Gasteiger partial charge >= 0.3 is 0 Å². The van der Waals surface area contributed by atoms with Crippen molar-refractivity contribution in [3.8, 4) is 10.8 Å². The molecule has 1 amide bonds. The number of aromatic nitrogens is 2. The average Bonchev–Trinajstić information content (AvgIpc) is 3.25. The number of thiophene rings is 1. The van der Waals surface area contributed by atoms with E-state index >= 15 is 0 Å². The van der Waals surface area contributed by atoms with Crippen LogP contribution in [0.25, 0.3) is 10.8 Å². The molecule has 0 aromatic carbocycles. The second kappa shape index (κ2) is 8.78. The van der Waals surface area contributed by atoms with Gasteiger partial charge in [0.05, 0.1) is 10.6 Å². The summed E-state index contributed by atoms with van der Waals surface area (Å²) in [6.45, 7) is 4.08. The van der Waals surface area contributed by atoms with Gasteiger partial charge in [0.1, 0.15) is 0 Å². The Morgan fingerprint density at radius 2 is 2.04 bits per heavy atom. The largest absolute Gasteiger partial charge is 0.410 e. The molecule has 1 atom stereocenters. The van der Waals surface area contributed by atoms with E-state index < -0.39 is 0 Å². The normalized spacial score (nSPS) is 20.8. The lowest BCUT2D eigenvalue weighted by Gasteiger charge is -2.24. The first-order valence-electron chi connectivity index (χ1n) is 10.0. The van der Waals surface area contributed by atoms with Crippen LogP contribution in [0.1, 0.15) is 55.9 Å². The zero-order valence-electron chi connectivity index (χ0n) is 15.9. The van der Waals surface area contributed by atoms with Crippen molar-refractivity contribution < 1.29 is 9.21 Å². The van der Waals surface area contributed by atoms with Crippen LogP contribution in [-0.2, 0) is 17.6 Å². The number of amides is 1. The summed E-state index contributed by atoms with van der Waals surface area (Å²) >= 11 is 3.13. The fourth-order valence-corrected chi connectivity index (χ4v) is 5.69. The van der Waals surface area contributed by atoms with Gasteiger partial charge in [0.15, 0.2) is 0 Å². The maximum absolute atomic E-state index is 12.5. The zero-order chi connectivity index (χ0) is 18.6. The van der Waals surface area contributed by atoms with Crippen molar-refractivity contribution in [2.75, 3.05) is 18.8 Å². The van der Waals surface area contributed by atoms with E-state index in [9.17, 15) is 4.79 Å². The Kier molecular flexibility index (Phi) is 6.18. The standard InChI is InChI=1S/C20H27N3O2S2/c1-14-7-8-16-15(11-14)12-17(27-16)19-21-22-20(25-19)26-13-18(24)23-9-5-3-2-4-6-10-23/h12,14H,2-11,13H2,1H3/t14-/m1/s1. The van der Waals surface area contributed by atoms with E-state index in [0.717, 1.165) is 49.6 Å². The first kappa shape index (κ1) is 19.0. The number of hydrogen-bond donors (Lipinski definition) is 0. The van der Waals surface area contributed by atoms with Crippen molar-refractivity contribution >= 4 is 29.0 Å². The Morgan fingerprint density at radius 3 is 2.85 bits per heavy atom. The van der Waals surface area contributed by atoms with Gasteiger partial charge in [-0.05, 0) is 49.7 Å². The Bertz CT molecular complexity index is 778. The first-order valence-corrected chi connectivity index (χ1v) is 11.9. The molecular weight excluding hydrogens is 378 g/mol. The first-order chi connectivity index (χ1) is 13.2. The van der Waals surface area contributed by atoms with E-state index in [-0.39, 0.29) is 5.91 Å². The third-order valence-electron chi connectivity index (χ3n) is 5.47. The molecule has 0 bridgehead atoms. The molecule has 7 heteroatoms. The molecule has 5 nitrogen and oxygen atoms in total. The van der Waals surface area contributed by atoms with Gasteiger partial charge < -0.3 is 9.32 Å². The van der Waals surface area contributed by atoms with Gasteiger partial charge in [-0.25, -0.2) is 0 Å². The van der Waals surface area contributed by atoms with Crippen molar-refractivity contribution in [3.63, 3.8) is 0 Å². The summed E-state index contributed by atoms with van der Waals surface area (Å²) in [4.78, 5) is 17.0. The third-order valence-corrected chi connectivity index (χ3v) is 7.50. The molecule has 27 heavy (non-hydrogen) atoms. The van der Waals surface area contributed by atoms with Crippen LogP contribution in [0.4, 0.5) is 0 Å². The summed E-state index contributed by atoms with van der Waals surface area (Å²) in [5, 5.41) is 8.85. The van der Waals surface area contributed by atoms with Crippen molar-refractivity contribution in [2.45, 2.75) is 63.5 Å². The maximum atomic E-state index is 12.5. The van der Waals surface area contributed by atoms with E-state index in [1.807, 2.05) is 4.90 Å². The number of rotatable bonds is 4. The zero-order valence-corrected chi connectivity index (χ0v) is 17.5. The molecule has 4 rings (SSSR count). The number of aryl methyl sites for hydroxylation is 1. The number of carbonyl (C=O) groups is 1. The van der Waals surface area contributed by atoms with Crippen LogP contribution in [0.15, 0.2) is 15.7 Å². The number of fused-ring (bicyclic) bond motifs is 1. The van der Waals surface area contributed by atoms with Crippen molar-refractivity contribution in [1.82, 2.24) is 15.1 Å². The van der Waals surface area contributed by atoms with Gasteiger partial charge in [-0.2, -0.15) is 0 Å². The number of thioether (sulfide) groups is 1. The number of carbonyl (C=O) groups excluding carboxylic acids is 1. The van der Waals surface area contributed by atoms with Crippen molar-refractivity contribution in [3.05, 3.63) is 16.5 Å². The van der Waals surface area contributed by atoms with Crippen LogP contribution in [0, 0.1) is 5.92 Å². The van der Waals surface area contributed by atoms with Crippen LogP contribution in [-0.4, -0.2) is 39.8 Å². The highest BCUT2D eigenvalue weighted by Crippen LogP contribution is 2.37. The fraction of sp³-hybridized carbons (Fsp3) is 0.650. The molecule has 146 valence electrons. The van der Waals surface area contributed by atoms with Gasteiger partial charge in [-0.15, -0.1) is 21.5 Å². The average molecular weight is 406 g/mol. The summed E-state index contributed by atoms with van der Waals surface area (Å²) in [5.41, 5.74) is 1.44. The summed E-state index contributed by atoms with van der Waals surface area (Å²) in [6, 6.07) is 2.21. The lowest BCUT2D eigenvalue weighted by Crippen LogP contribution is -2.35. The SMILES string of the molecule is C[C@@H]1CCc2sc(-c3nnc(SCC(=O)N4CCCCCCC4)o3)cc2C1. The fourth-order valence-electron chi connectivity index (χ4n) is 3.89. The number of hydrogen-bond acceptors (Lipinski definition) is 6. The molecule has 2 aromatic rings. The highest BCUT2D eigenvalue weighted by molar-refractivity contribution is 7.99. The minimum Gasteiger partial charge on any atom is -0.410 e. The van der Waals surface area contributed by atoms with E-state index in [4.69, 9.17) is 4.42 Å². The second-order valence-electron chi connectivity index (χ2n) is 7.72. The lowest BCUT2D eigenvalue weighted by atomic mass is 9.90. The highest BCUT2D eigenvalue weighted by atomic mass is 32.2. The van der Waals surface area contributed by atoms with Crippen LogP contribution >= 0.6 is 23.1 Å². The van der Waals surface area contributed by atoms with Gasteiger partial charge in [0, 0.05) is 18.0 Å². The Hall–Kier alpha value is -1.34. The van der Waals surface area contributed by atoms with Crippen LogP contribution < -0.4 is 0 Å². The molecule has 1 aliphatic carbocycles. The van der Waals surface area contributed by atoms with E-state index in [1.165, 1.54) is 47.9 Å². The molecule has 0 N–H and O–H groups in total. The minimum atomic E-state index is 0.183. The Labute approximate surface area is 168 Å². The molecule has 0 spiro atoms. The van der Waals surface area contributed by atoms with Crippen LogP contribution in [0.2, 0.25) is 0 Å². The summed E-state index contributed by atoms with van der Waals surface area (Å²) in [7, 11) is 0. The lowest BCUT2D eigenvalue weighted by molar-refractivity contribution is -0.128. The predicted molar refractivity (Wildman–Crippen MR) is 109 cm³/mol. The van der Waals surface area contributed by atoms with Crippen molar-refractivity contribution in [1.29, 1.82) is 0 Å². The van der Waals surface area contributed by atoms with Crippen molar-refractivity contribution in [2.24, 2.45) is 5.92 Å². The molecule has 1 fully saturated rings. The summed E-state index contributed by atoms with van der Waals surface area (Å²) < 4.78 is 5.84. The summed E-state index contributed by atoms with van der Waals surface area (Å²) in [5.74, 6) is 1.90. The van der Waals surface area contributed by atoms with E-state index in [1.54, 1.807) is 11.3 Å².